The van der Waals surface area contributed by atoms with Crippen molar-refractivity contribution in [3.63, 3.8) is 0 Å². The standard InChI is InChI=1S/C13H15ClN2O6/c1-13(21,11(18)19)6-15-12(20)16-7-3-4-8(9(14)5-7)10(17)22-2/h3-5,21H,6H2,1-2H3,(H,18,19)(H2,15,16,20). The van der Waals surface area contributed by atoms with E-state index in [9.17, 15) is 19.5 Å². The minimum absolute atomic E-state index is 0.0854. The van der Waals surface area contributed by atoms with Gasteiger partial charge in [0.1, 0.15) is 0 Å². The number of hydrogen-bond acceptors (Lipinski definition) is 5. The van der Waals surface area contributed by atoms with E-state index >= 15 is 0 Å². The molecule has 120 valence electrons. The number of ether oxygens (including phenoxy) is 1. The number of aliphatic hydroxyl groups is 1. The first-order valence-corrected chi connectivity index (χ1v) is 6.43. The van der Waals surface area contributed by atoms with E-state index in [1.807, 2.05) is 0 Å². The zero-order chi connectivity index (χ0) is 16.9. The zero-order valence-electron chi connectivity index (χ0n) is 11.8. The number of amides is 2. The highest BCUT2D eigenvalue weighted by Gasteiger charge is 2.30. The van der Waals surface area contributed by atoms with Crippen LogP contribution in [0, 0.1) is 0 Å². The van der Waals surface area contributed by atoms with E-state index in [0.717, 1.165) is 6.92 Å². The number of esters is 1. The van der Waals surface area contributed by atoms with E-state index in [1.54, 1.807) is 0 Å². The van der Waals surface area contributed by atoms with Gasteiger partial charge in [0.25, 0.3) is 0 Å². The van der Waals surface area contributed by atoms with E-state index in [2.05, 4.69) is 15.4 Å². The summed E-state index contributed by atoms with van der Waals surface area (Å²) < 4.78 is 4.53. The van der Waals surface area contributed by atoms with Gasteiger partial charge in [0.2, 0.25) is 0 Å². The summed E-state index contributed by atoms with van der Waals surface area (Å²) >= 11 is 5.89. The molecular formula is C13H15ClN2O6. The number of rotatable bonds is 5. The number of carbonyl (C=O) groups excluding carboxylic acids is 2. The first kappa shape index (κ1) is 17.7. The van der Waals surface area contributed by atoms with E-state index in [1.165, 1.54) is 25.3 Å². The summed E-state index contributed by atoms with van der Waals surface area (Å²) in [5.41, 5.74) is -1.65. The molecule has 0 heterocycles. The Labute approximate surface area is 131 Å². The smallest absolute Gasteiger partial charge is 0.339 e. The van der Waals surface area contributed by atoms with Gasteiger partial charge in [0.15, 0.2) is 5.60 Å². The van der Waals surface area contributed by atoms with Crippen molar-refractivity contribution in [1.29, 1.82) is 0 Å². The summed E-state index contributed by atoms with van der Waals surface area (Å²) in [6, 6.07) is 3.40. The Morgan fingerprint density at radius 1 is 1.36 bits per heavy atom. The van der Waals surface area contributed by atoms with Crippen molar-refractivity contribution in [2.75, 3.05) is 19.0 Å². The monoisotopic (exact) mass is 330 g/mol. The molecule has 1 unspecified atom stereocenters. The van der Waals surface area contributed by atoms with Gasteiger partial charge in [-0.1, -0.05) is 11.6 Å². The largest absolute Gasteiger partial charge is 0.479 e. The average Bonchev–Trinajstić information content (AvgIpc) is 2.44. The zero-order valence-corrected chi connectivity index (χ0v) is 12.6. The van der Waals surface area contributed by atoms with Gasteiger partial charge in [0, 0.05) is 5.69 Å². The predicted molar refractivity (Wildman–Crippen MR) is 78.1 cm³/mol. The highest BCUT2D eigenvalue weighted by atomic mass is 35.5. The highest BCUT2D eigenvalue weighted by Crippen LogP contribution is 2.21. The van der Waals surface area contributed by atoms with Gasteiger partial charge in [-0.25, -0.2) is 14.4 Å². The van der Waals surface area contributed by atoms with Gasteiger partial charge in [-0.3, -0.25) is 0 Å². The fraction of sp³-hybridized carbons (Fsp3) is 0.308. The summed E-state index contributed by atoms with van der Waals surface area (Å²) in [4.78, 5) is 33.6. The maximum atomic E-state index is 11.6. The van der Waals surface area contributed by atoms with Crippen LogP contribution in [-0.4, -0.2) is 47.4 Å². The van der Waals surface area contributed by atoms with E-state index in [0.29, 0.717) is 0 Å². The molecule has 0 spiro atoms. The first-order valence-electron chi connectivity index (χ1n) is 6.06. The highest BCUT2D eigenvalue weighted by molar-refractivity contribution is 6.33. The lowest BCUT2D eigenvalue weighted by atomic mass is 10.1. The second-order valence-corrected chi connectivity index (χ2v) is 4.98. The number of hydrogen-bond donors (Lipinski definition) is 4. The topological polar surface area (TPSA) is 125 Å². The number of nitrogens with one attached hydrogen (secondary N) is 2. The fourth-order valence-corrected chi connectivity index (χ4v) is 1.63. The molecule has 1 aromatic carbocycles. The molecule has 0 aliphatic carbocycles. The van der Waals surface area contributed by atoms with Gasteiger partial charge < -0.3 is 25.6 Å². The molecule has 0 saturated heterocycles. The maximum Gasteiger partial charge on any atom is 0.339 e. The van der Waals surface area contributed by atoms with Crippen LogP contribution in [0.3, 0.4) is 0 Å². The van der Waals surface area contributed by atoms with Gasteiger partial charge >= 0.3 is 18.0 Å². The minimum Gasteiger partial charge on any atom is -0.479 e. The molecule has 1 aromatic rings. The summed E-state index contributed by atoms with van der Waals surface area (Å²) in [7, 11) is 1.21. The Bertz CT molecular complexity index is 602. The molecule has 0 fully saturated rings. The van der Waals surface area contributed by atoms with Crippen molar-refractivity contribution in [3.05, 3.63) is 28.8 Å². The second kappa shape index (κ2) is 7.10. The Hall–Kier alpha value is -2.32. The number of methoxy groups -OCH3 is 1. The molecule has 0 bridgehead atoms. The van der Waals surface area contributed by atoms with Crippen molar-refractivity contribution in [3.8, 4) is 0 Å². The van der Waals surface area contributed by atoms with Crippen molar-refractivity contribution in [2.24, 2.45) is 0 Å². The van der Waals surface area contributed by atoms with E-state index in [4.69, 9.17) is 16.7 Å². The number of urea groups is 1. The van der Waals surface area contributed by atoms with Crippen LogP contribution < -0.4 is 10.6 Å². The first-order chi connectivity index (χ1) is 10.2. The lowest BCUT2D eigenvalue weighted by molar-refractivity contribution is -0.155. The van der Waals surface area contributed by atoms with E-state index in [-0.39, 0.29) is 16.3 Å². The van der Waals surface area contributed by atoms with Gasteiger partial charge in [-0.05, 0) is 25.1 Å². The minimum atomic E-state index is -2.08. The average molecular weight is 331 g/mol. The molecule has 0 aromatic heterocycles. The molecule has 9 heteroatoms. The van der Waals surface area contributed by atoms with Gasteiger partial charge in [-0.2, -0.15) is 0 Å². The number of anilines is 1. The molecule has 0 radical (unpaired) electrons. The third kappa shape index (κ3) is 4.61. The second-order valence-electron chi connectivity index (χ2n) is 4.57. The SMILES string of the molecule is COC(=O)c1ccc(NC(=O)NCC(C)(O)C(=O)O)cc1Cl. The molecule has 2 amide bonds. The molecule has 4 N–H and O–H groups in total. The molecule has 1 atom stereocenters. The summed E-state index contributed by atoms with van der Waals surface area (Å²) in [6.07, 6.45) is 0. The van der Waals surface area contributed by atoms with Crippen molar-refractivity contribution >= 4 is 35.3 Å². The number of aliphatic carboxylic acids is 1. The molecule has 0 saturated carbocycles. The summed E-state index contributed by atoms with van der Waals surface area (Å²) in [5.74, 6) is -2.07. The van der Waals surface area contributed by atoms with Crippen LogP contribution in [0.1, 0.15) is 17.3 Å². The molecule has 1 rings (SSSR count). The Balaban J connectivity index is 2.68. The van der Waals surface area contributed by atoms with Crippen LogP contribution in [0.4, 0.5) is 10.5 Å². The molecule has 0 aliphatic heterocycles. The van der Waals surface area contributed by atoms with Crippen molar-refractivity contribution < 1.29 is 29.3 Å². The Morgan fingerprint density at radius 3 is 2.50 bits per heavy atom. The maximum absolute atomic E-state index is 11.6. The van der Waals surface area contributed by atoms with E-state index < -0.39 is 30.1 Å². The summed E-state index contributed by atoms with van der Waals surface area (Å²) in [5, 5.41) is 22.8. The number of halogens is 1. The molecule has 8 nitrogen and oxygen atoms in total. The normalized spacial score (nSPS) is 12.9. The molecule has 22 heavy (non-hydrogen) atoms. The number of carboxylic acid groups (broad SMARTS) is 1. The Kier molecular flexibility index (Phi) is 5.72. The van der Waals surface area contributed by atoms with Crippen LogP contribution in [0.15, 0.2) is 18.2 Å². The number of carboxylic acids is 1. The number of carbonyl (C=O) groups is 3. The third-order valence-electron chi connectivity index (χ3n) is 2.69. The van der Waals surface area contributed by atoms with Crippen molar-refractivity contribution in [2.45, 2.75) is 12.5 Å². The lowest BCUT2D eigenvalue weighted by Gasteiger charge is -2.18. The number of benzene rings is 1. The van der Waals surface area contributed by atoms with Gasteiger partial charge in [0.05, 0.1) is 24.2 Å². The fourth-order valence-electron chi connectivity index (χ4n) is 1.37. The Morgan fingerprint density at radius 2 is 2.00 bits per heavy atom. The van der Waals surface area contributed by atoms with Crippen LogP contribution in [0.2, 0.25) is 5.02 Å². The molecule has 0 aliphatic rings. The van der Waals surface area contributed by atoms with Gasteiger partial charge in [-0.15, -0.1) is 0 Å². The molecular weight excluding hydrogens is 316 g/mol. The van der Waals surface area contributed by atoms with Crippen molar-refractivity contribution in [1.82, 2.24) is 5.32 Å². The quantitative estimate of drug-likeness (QED) is 0.599. The predicted octanol–water partition coefficient (Wildman–Crippen LogP) is 1.08. The summed E-state index contributed by atoms with van der Waals surface area (Å²) in [6.45, 7) is 0.569. The third-order valence-corrected chi connectivity index (χ3v) is 3.00. The van der Waals surface area contributed by atoms with Crippen LogP contribution in [0.25, 0.3) is 0 Å². The van der Waals surface area contributed by atoms with Crippen LogP contribution >= 0.6 is 11.6 Å². The van der Waals surface area contributed by atoms with Crippen LogP contribution in [0.5, 0.6) is 0 Å². The van der Waals surface area contributed by atoms with Crippen LogP contribution in [-0.2, 0) is 9.53 Å². The lowest BCUT2D eigenvalue weighted by Crippen LogP contribution is -2.47.